The van der Waals surface area contributed by atoms with Crippen LogP contribution in [-0.4, -0.2) is 28.3 Å². The van der Waals surface area contributed by atoms with Gasteiger partial charge in [-0.1, -0.05) is 33.6 Å². The van der Waals surface area contributed by atoms with Crippen LogP contribution in [0.2, 0.25) is 5.02 Å². The van der Waals surface area contributed by atoms with Crippen LogP contribution in [0, 0.1) is 5.82 Å². The molecule has 2 aromatic rings. The number of ether oxygens (including phenoxy) is 1. The monoisotopic (exact) mass is 471 g/mol. The molecule has 1 aliphatic rings. The molecule has 2 amide bonds. The molecule has 0 aliphatic carbocycles. The van der Waals surface area contributed by atoms with Crippen LogP contribution in [-0.2, 0) is 11.3 Å². The lowest BCUT2D eigenvalue weighted by molar-refractivity contribution is -0.123. The maximum Gasteiger partial charge on any atom is 0.293 e. The number of hydrogen-bond acceptors (Lipinski definition) is 5. The quantitative estimate of drug-likeness (QED) is 0.620. The van der Waals surface area contributed by atoms with Crippen molar-refractivity contribution in [3.63, 3.8) is 0 Å². The van der Waals surface area contributed by atoms with Gasteiger partial charge in [-0.2, -0.15) is 0 Å². The van der Waals surface area contributed by atoms with Gasteiger partial charge in [0.2, 0.25) is 0 Å². The number of benzene rings is 2. The third-order valence-corrected chi connectivity index (χ3v) is 5.75. The van der Waals surface area contributed by atoms with Gasteiger partial charge >= 0.3 is 0 Å². The van der Waals surface area contributed by atoms with Crippen LogP contribution in [0.25, 0.3) is 6.08 Å². The Morgan fingerprint density at radius 3 is 2.74 bits per heavy atom. The first-order valence-electron chi connectivity index (χ1n) is 7.56. The van der Waals surface area contributed by atoms with Gasteiger partial charge < -0.3 is 9.84 Å². The molecule has 0 unspecified atom stereocenters. The topological polar surface area (TPSA) is 66.8 Å². The first-order chi connectivity index (χ1) is 12.8. The highest BCUT2D eigenvalue weighted by Crippen LogP contribution is 2.38. The second-order valence-electron chi connectivity index (χ2n) is 5.55. The molecule has 5 nitrogen and oxygen atoms in total. The molecule has 0 radical (unpaired) electrons. The van der Waals surface area contributed by atoms with Crippen molar-refractivity contribution in [1.82, 2.24) is 4.90 Å². The molecule has 0 bridgehead atoms. The minimum Gasteiger partial charge on any atom is -0.504 e. The van der Waals surface area contributed by atoms with Crippen molar-refractivity contribution in [2.75, 3.05) is 7.11 Å². The molecule has 0 saturated carbocycles. The zero-order chi connectivity index (χ0) is 19.7. The number of halogens is 3. The normalized spacial score (nSPS) is 15.7. The molecule has 1 saturated heterocycles. The molecule has 1 fully saturated rings. The molecule has 0 aromatic heterocycles. The molecular weight excluding hydrogens is 461 g/mol. The summed E-state index contributed by atoms with van der Waals surface area (Å²) < 4.78 is 18.8. The van der Waals surface area contributed by atoms with E-state index in [4.69, 9.17) is 16.3 Å². The van der Waals surface area contributed by atoms with Crippen molar-refractivity contribution in [2.45, 2.75) is 6.54 Å². The molecule has 1 aliphatic heterocycles. The molecule has 27 heavy (non-hydrogen) atoms. The molecular formula is C18H12BrClFNO4S. The Kier molecular flexibility index (Phi) is 5.78. The van der Waals surface area contributed by atoms with Crippen LogP contribution < -0.4 is 4.74 Å². The fraction of sp³-hybridized carbons (Fsp3) is 0.111. The summed E-state index contributed by atoms with van der Waals surface area (Å²) in [5.41, 5.74) is 1.03. The van der Waals surface area contributed by atoms with E-state index in [9.17, 15) is 19.1 Å². The number of amides is 2. The first kappa shape index (κ1) is 19.7. The van der Waals surface area contributed by atoms with Gasteiger partial charge in [0.25, 0.3) is 11.1 Å². The van der Waals surface area contributed by atoms with Gasteiger partial charge in [0.1, 0.15) is 5.82 Å². The van der Waals surface area contributed by atoms with E-state index < -0.39 is 17.0 Å². The molecule has 140 valence electrons. The number of nitrogens with zero attached hydrogens (tertiary/aromatic N) is 1. The average molecular weight is 473 g/mol. The Balaban J connectivity index is 1.89. The third-order valence-electron chi connectivity index (χ3n) is 3.80. The van der Waals surface area contributed by atoms with Gasteiger partial charge in [-0.25, -0.2) is 4.39 Å². The number of phenolic OH excluding ortho intramolecular Hbond substituents is 1. The summed E-state index contributed by atoms with van der Waals surface area (Å²) in [5, 5.41) is 9.47. The Hall–Kier alpha value is -2.03. The first-order valence-corrected chi connectivity index (χ1v) is 9.54. The van der Waals surface area contributed by atoms with Crippen molar-refractivity contribution >= 4 is 56.5 Å². The number of carbonyl (C=O) groups is 2. The number of imide groups is 1. The highest BCUT2D eigenvalue weighted by atomic mass is 79.9. The minimum atomic E-state index is -0.496. The SMILES string of the molecule is COc1cc(C=C2SC(=O)N(Cc3ccc(F)cc3Cl)C2=O)c(Br)cc1O. The van der Waals surface area contributed by atoms with E-state index in [2.05, 4.69) is 15.9 Å². The highest BCUT2D eigenvalue weighted by molar-refractivity contribution is 9.10. The Morgan fingerprint density at radius 2 is 2.07 bits per heavy atom. The second kappa shape index (κ2) is 7.92. The summed E-state index contributed by atoms with van der Waals surface area (Å²) in [6, 6.07) is 6.77. The summed E-state index contributed by atoms with van der Waals surface area (Å²) in [5.74, 6) is -0.796. The summed E-state index contributed by atoms with van der Waals surface area (Å²) in [7, 11) is 1.41. The Morgan fingerprint density at radius 1 is 1.33 bits per heavy atom. The number of rotatable bonds is 4. The second-order valence-corrected chi connectivity index (χ2v) is 7.80. The van der Waals surface area contributed by atoms with E-state index in [1.165, 1.54) is 31.4 Å². The van der Waals surface area contributed by atoms with Crippen molar-refractivity contribution in [3.8, 4) is 11.5 Å². The zero-order valence-corrected chi connectivity index (χ0v) is 17.0. The standard InChI is InChI=1S/C18H12BrClFNO4S/c1-26-15-4-10(12(19)7-14(15)23)5-16-17(24)22(18(25)27-16)8-9-2-3-11(21)6-13(9)20/h2-7,23H,8H2,1H3. The minimum absolute atomic E-state index is 0.0544. The van der Waals surface area contributed by atoms with Crippen LogP contribution in [0.4, 0.5) is 9.18 Å². The summed E-state index contributed by atoms with van der Waals surface area (Å²) in [4.78, 5) is 26.2. The number of thioether (sulfide) groups is 1. The fourth-order valence-corrected chi connectivity index (χ4v) is 3.93. The number of aromatic hydroxyl groups is 1. The number of carbonyl (C=O) groups excluding carboxylic acids is 2. The highest BCUT2D eigenvalue weighted by Gasteiger charge is 2.35. The van der Waals surface area contributed by atoms with E-state index in [1.807, 2.05) is 0 Å². The summed E-state index contributed by atoms with van der Waals surface area (Å²) in [6.45, 7) is -0.0544. The molecule has 3 rings (SSSR count). The number of phenols is 1. The van der Waals surface area contributed by atoms with E-state index in [-0.39, 0.29) is 28.0 Å². The van der Waals surface area contributed by atoms with Gasteiger partial charge in [0.15, 0.2) is 11.5 Å². The Labute approximate surface area is 171 Å². The van der Waals surface area contributed by atoms with Gasteiger partial charge in [-0.15, -0.1) is 0 Å². The van der Waals surface area contributed by atoms with Crippen LogP contribution in [0.15, 0.2) is 39.7 Å². The van der Waals surface area contributed by atoms with Crippen molar-refractivity contribution in [3.05, 3.63) is 61.7 Å². The van der Waals surface area contributed by atoms with E-state index >= 15 is 0 Å². The maximum atomic E-state index is 13.2. The van der Waals surface area contributed by atoms with Gasteiger partial charge in [0.05, 0.1) is 18.6 Å². The fourth-order valence-electron chi connectivity index (χ4n) is 2.43. The zero-order valence-electron chi connectivity index (χ0n) is 13.8. The molecule has 1 heterocycles. The van der Waals surface area contributed by atoms with Gasteiger partial charge in [0, 0.05) is 9.50 Å². The lowest BCUT2D eigenvalue weighted by atomic mass is 10.1. The lowest BCUT2D eigenvalue weighted by Gasteiger charge is -2.13. The van der Waals surface area contributed by atoms with Gasteiger partial charge in [-0.3, -0.25) is 14.5 Å². The van der Waals surface area contributed by atoms with Crippen LogP contribution >= 0.6 is 39.3 Å². The predicted molar refractivity (Wildman–Crippen MR) is 105 cm³/mol. The molecule has 0 spiro atoms. The smallest absolute Gasteiger partial charge is 0.293 e. The average Bonchev–Trinajstić information content (AvgIpc) is 2.87. The van der Waals surface area contributed by atoms with Crippen LogP contribution in [0.3, 0.4) is 0 Å². The van der Waals surface area contributed by atoms with Crippen LogP contribution in [0.1, 0.15) is 11.1 Å². The predicted octanol–water partition coefficient (Wildman–Crippen LogP) is 5.19. The van der Waals surface area contributed by atoms with E-state index in [0.717, 1.165) is 22.7 Å². The molecule has 0 atom stereocenters. The molecule has 2 aromatic carbocycles. The van der Waals surface area contributed by atoms with Crippen LogP contribution in [0.5, 0.6) is 11.5 Å². The number of hydrogen-bond donors (Lipinski definition) is 1. The Bertz CT molecular complexity index is 982. The molecule has 9 heteroatoms. The van der Waals surface area contributed by atoms with Crippen molar-refractivity contribution < 1.29 is 23.8 Å². The third kappa shape index (κ3) is 4.12. The number of methoxy groups -OCH3 is 1. The van der Waals surface area contributed by atoms with E-state index in [0.29, 0.717) is 15.6 Å². The van der Waals surface area contributed by atoms with Crippen molar-refractivity contribution in [2.24, 2.45) is 0 Å². The lowest BCUT2D eigenvalue weighted by Crippen LogP contribution is -2.27. The largest absolute Gasteiger partial charge is 0.504 e. The summed E-state index contributed by atoms with van der Waals surface area (Å²) in [6.07, 6.45) is 1.53. The summed E-state index contributed by atoms with van der Waals surface area (Å²) >= 11 is 10.1. The van der Waals surface area contributed by atoms with Gasteiger partial charge in [-0.05, 0) is 53.2 Å². The molecule has 1 N–H and O–H groups in total. The van der Waals surface area contributed by atoms with Crippen molar-refractivity contribution in [1.29, 1.82) is 0 Å². The van der Waals surface area contributed by atoms with E-state index in [1.54, 1.807) is 6.07 Å². The maximum absolute atomic E-state index is 13.2.